The van der Waals surface area contributed by atoms with Crippen molar-refractivity contribution in [2.45, 2.75) is 6.92 Å². The molecule has 0 saturated carbocycles. The lowest BCUT2D eigenvalue weighted by atomic mass is 10.1. The van der Waals surface area contributed by atoms with Crippen LogP contribution in [0.2, 0.25) is 0 Å². The highest BCUT2D eigenvalue weighted by Gasteiger charge is 2.05. The normalized spacial score (nSPS) is 11.4. The van der Waals surface area contributed by atoms with Crippen LogP contribution in [0.1, 0.15) is 22.8 Å². The second-order valence-corrected chi connectivity index (χ2v) is 5.07. The predicted octanol–water partition coefficient (Wildman–Crippen LogP) is 3.99. The Morgan fingerprint density at radius 2 is 1.50 bits per heavy atom. The Morgan fingerprint density at radius 1 is 0.818 bits per heavy atom. The summed E-state index contributed by atoms with van der Waals surface area (Å²) in [5.41, 5.74) is 4.97. The zero-order valence-electron chi connectivity index (χ0n) is 12.3. The lowest BCUT2D eigenvalue weighted by Crippen LogP contribution is -2.19. The van der Waals surface area contributed by atoms with Gasteiger partial charge in [0.15, 0.2) is 0 Å². The summed E-state index contributed by atoms with van der Waals surface area (Å²) in [4.78, 5) is 12.2. The maximum atomic E-state index is 12.2. The molecule has 3 aromatic carbocycles. The van der Waals surface area contributed by atoms with Crippen LogP contribution in [0, 0.1) is 0 Å². The zero-order chi connectivity index (χ0) is 15.4. The smallest absolute Gasteiger partial charge is 0.267 e. The van der Waals surface area contributed by atoms with Gasteiger partial charge in [-0.05, 0) is 35.4 Å². The minimum Gasteiger partial charge on any atom is -0.267 e. The molecule has 0 aliphatic rings. The molecule has 1 N–H and O–H groups in total. The predicted molar refractivity (Wildman–Crippen MR) is 90.1 cm³/mol. The molecule has 22 heavy (non-hydrogen) atoms. The third-order valence-electron chi connectivity index (χ3n) is 3.53. The number of carbonyl (C=O) groups excluding carboxylic acids is 1. The van der Waals surface area contributed by atoms with E-state index in [1.165, 1.54) is 0 Å². The van der Waals surface area contributed by atoms with Crippen molar-refractivity contribution in [1.82, 2.24) is 5.43 Å². The van der Waals surface area contributed by atoms with Gasteiger partial charge in [0.2, 0.25) is 0 Å². The Balaban J connectivity index is 1.78. The van der Waals surface area contributed by atoms with Crippen LogP contribution in [-0.4, -0.2) is 11.6 Å². The summed E-state index contributed by atoms with van der Waals surface area (Å²) >= 11 is 0. The molecule has 108 valence electrons. The number of nitrogens with one attached hydrogen (secondary N) is 1. The first kappa shape index (κ1) is 14.0. The standard InChI is InChI=1S/C19H16N2O/c1-14(15-7-3-2-4-8-15)20-21-19(22)18-12-11-16-9-5-6-10-17(16)13-18/h2-13H,1H3,(H,21,22). The van der Waals surface area contributed by atoms with Crippen molar-refractivity contribution in [1.29, 1.82) is 0 Å². The van der Waals surface area contributed by atoms with Gasteiger partial charge in [-0.25, -0.2) is 5.43 Å². The summed E-state index contributed by atoms with van der Waals surface area (Å²) in [5, 5.41) is 6.32. The van der Waals surface area contributed by atoms with E-state index in [9.17, 15) is 4.79 Å². The first-order chi connectivity index (χ1) is 10.7. The maximum Gasteiger partial charge on any atom is 0.271 e. The van der Waals surface area contributed by atoms with Crippen LogP contribution in [0.25, 0.3) is 10.8 Å². The molecule has 3 heteroatoms. The molecule has 0 aliphatic carbocycles. The van der Waals surface area contributed by atoms with Crippen LogP contribution in [0.5, 0.6) is 0 Å². The van der Waals surface area contributed by atoms with Gasteiger partial charge in [-0.2, -0.15) is 5.10 Å². The van der Waals surface area contributed by atoms with E-state index in [2.05, 4.69) is 10.5 Å². The Hall–Kier alpha value is -2.94. The molecule has 3 aromatic rings. The average Bonchev–Trinajstić information content (AvgIpc) is 2.59. The van der Waals surface area contributed by atoms with Crippen molar-refractivity contribution in [2.75, 3.05) is 0 Å². The molecule has 0 fully saturated rings. The van der Waals surface area contributed by atoms with Gasteiger partial charge in [-0.3, -0.25) is 4.79 Å². The van der Waals surface area contributed by atoms with Crippen molar-refractivity contribution in [3.8, 4) is 0 Å². The molecule has 1 amide bonds. The minimum atomic E-state index is -0.207. The van der Waals surface area contributed by atoms with Gasteiger partial charge in [-0.1, -0.05) is 60.7 Å². The van der Waals surface area contributed by atoms with Crippen molar-refractivity contribution >= 4 is 22.4 Å². The molecule has 0 heterocycles. The third kappa shape index (κ3) is 3.04. The highest BCUT2D eigenvalue weighted by molar-refractivity contribution is 6.02. The number of benzene rings is 3. The second-order valence-electron chi connectivity index (χ2n) is 5.07. The van der Waals surface area contributed by atoms with Crippen LogP contribution in [0.4, 0.5) is 0 Å². The molecule has 0 radical (unpaired) electrons. The van der Waals surface area contributed by atoms with E-state index in [0.717, 1.165) is 22.0 Å². The Kier molecular flexibility index (Phi) is 3.97. The Bertz CT molecular complexity index is 838. The molecule has 0 aromatic heterocycles. The summed E-state index contributed by atoms with van der Waals surface area (Å²) < 4.78 is 0. The number of fused-ring (bicyclic) bond motifs is 1. The van der Waals surface area contributed by atoms with Gasteiger partial charge >= 0.3 is 0 Å². The lowest BCUT2D eigenvalue weighted by Gasteiger charge is -2.04. The van der Waals surface area contributed by atoms with Gasteiger partial charge in [0.1, 0.15) is 0 Å². The van der Waals surface area contributed by atoms with E-state index in [1.54, 1.807) is 0 Å². The van der Waals surface area contributed by atoms with E-state index in [-0.39, 0.29) is 5.91 Å². The summed E-state index contributed by atoms with van der Waals surface area (Å²) in [6, 6.07) is 23.3. The zero-order valence-corrected chi connectivity index (χ0v) is 12.3. The highest BCUT2D eigenvalue weighted by atomic mass is 16.2. The minimum absolute atomic E-state index is 0.207. The fourth-order valence-electron chi connectivity index (χ4n) is 2.27. The van der Waals surface area contributed by atoms with Crippen molar-refractivity contribution in [3.63, 3.8) is 0 Å². The summed E-state index contributed by atoms with van der Waals surface area (Å²) in [6.07, 6.45) is 0. The fourth-order valence-corrected chi connectivity index (χ4v) is 2.27. The Labute approximate surface area is 129 Å². The van der Waals surface area contributed by atoms with Crippen molar-refractivity contribution in [2.24, 2.45) is 5.10 Å². The third-order valence-corrected chi connectivity index (χ3v) is 3.53. The average molecular weight is 288 g/mol. The second kappa shape index (κ2) is 6.22. The number of amides is 1. The summed E-state index contributed by atoms with van der Waals surface area (Å²) in [5.74, 6) is -0.207. The van der Waals surface area contributed by atoms with E-state index in [0.29, 0.717) is 5.56 Å². The molecule has 3 rings (SSSR count). The fraction of sp³-hybridized carbons (Fsp3) is 0.0526. The Morgan fingerprint density at radius 3 is 2.27 bits per heavy atom. The van der Waals surface area contributed by atoms with Gasteiger partial charge in [0.25, 0.3) is 5.91 Å². The first-order valence-corrected chi connectivity index (χ1v) is 7.13. The molecule has 0 atom stereocenters. The molecule has 0 saturated heterocycles. The molecular formula is C19H16N2O. The largest absolute Gasteiger partial charge is 0.271 e. The van der Waals surface area contributed by atoms with E-state index < -0.39 is 0 Å². The van der Waals surface area contributed by atoms with Gasteiger partial charge in [-0.15, -0.1) is 0 Å². The number of carbonyl (C=O) groups is 1. The summed E-state index contributed by atoms with van der Waals surface area (Å²) in [7, 11) is 0. The number of hydrogen-bond donors (Lipinski definition) is 1. The molecule has 0 unspecified atom stereocenters. The van der Waals surface area contributed by atoms with E-state index in [1.807, 2.05) is 79.7 Å². The highest BCUT2D eigenvalue weighted by Crippen LogP contribution is 2.15. The summed E-state index contributed by atoms with van der Waals surface area (Å²) in [6.45, 7) is 1.87. The number of hydrazone groups is 1. The molecule has 0 spiro atoms. The lowest BCUT2D eigenvalue weighted by molar-refractivity contribution is 0.0955. The maximum absolute atomic E-state index is 12.2. The van der Waals surface area contributed by atoms with Crippen LogP contribution in [0.15, 0.2) is 77.9 Å². The SMILES string of the molecule is CC(=NNC(=O)c1ccc2ccccc2c1)c1ccccc1. The monoisotopic (exact) mass is 288 g/mol. The molecule has 0 aliphatic heterocycles. The van der Waals surface area contributed by atoms with Crippen molar-refractivity contribution < 1.29 is 4.79 Å². The van der Waals surface area contributed by atoms with Crippen LogP contribution < -0.4 is 5.43 Å². The first-order valence-electron chi connectivity index (χ1n) is 7.13. The van der Waals surface area contributed by atoms with E-state index in [4.69, 9.17) is 0 Å². The quantitative estimate of drug-likeness (QED) is 0.574. The van der Waals surface area contributed by atoms with Crippen LogP contribution in [0.3, 0.4) is 0 Å². The van der Waals surface area contributed by atoms with Crippen molar-refractivity contribution in [3.05, 3.63) is 83.9 Å². The van der Waals surface area contributed by atoms with Gasteiger partial charge < -0.3 is 0 Å². The molecular weight excluding hydrogens is 272 g/mol. The van der Waals surface area contributed by atoms with Crippen LogP contribution in [-0.2, 0) is 0 Å². The molecule has 0 bridgehead atoms. The topological polar surface area (TPSA) is 41.5 Å². The van der Waals surface area contributed by atoms with Gasteiger partial charge in [0.05, 0.1) is 5.71 Å². The number of rotatable bonds is 3. The van der Waals surface area contributed by atoms with E-state index >= 15 is 0 Å². The van der Waals surface area contributed by atoms with Gasteiger partial charge in [0, 0.05) is 5.56 Å². The number of nitrogens with zero attached hydrogens (tertiary/aromatic N) is 1. The molecule has 3 nitrogen and oxygen atoms in total. The van der Waals surface area contributed by atoms with Crippen LogP contribution >= 0.6 is 0 Å². The number of hydrogen-bond acceptors (Lipinski definition) is 2.